The zero-order valence-corrected chi connectivity index (χ0v) is 17.1. The Morgan fingerprint density at radius 3 is 2.30 bits per heavy atom. The molecule has 0 saturated carbocycles. The Kier molecular flexibility index (Phi) is 6.99. The fraction of sp³-hybridized carbons (Fsp3) is 0.364. The Balaban J connectivity index is 1.44. The van der Waals surface area contributed by atoms with Gasteiger partial charge in [0.2, 0.25) is 5.91 Å². The smallest absolute Gasteiger partial charge is 0.317 e. The van der Waals surface area contributed by atoms with Crippen LogP contribution in [0.5, 0.6) is 0 Å². The number of aryl methyl sites for hydroxylation is 1. The van der Waals surface area contributed by atoms with Crippen LogP contribution in [-0.4, -0.2) is 54.5 Å². The largest absolute Gasteiger partial charge is 0.331 e. The molecule has 1 heterocycles. The monoisotopic (exact) mass is 416 g/mol. The number of piperazine rings is 1. The van der Waals surface area contributed by atoms with Gasteiger partial charge in [-0.1, -0.05) is 23.8 Å². The second-order valence-corrected chi connectivity index (χ2v) is 7.52. The molecule has 1 atom stereocenters. The first-order chi connectivity index (χ1) is 14.3. The van der Waals surface area contributed by atoms with E-state index in [1.54, 1.807) is 11.8 Å². The molecule has 8 heteroatoms. The highest BCUT2D eigenvalue weighted by Gasteiger charge is 2.23. The van der Waals surface area contributed by atoms with E-state index >= 15 is 0 Å². The SMILES string of the molecule is Cc1ccc(NC(=O)CN2CCN(C(=O)NC(C)c3ccc(F)c(F)c3)CC2)cc1. The van der Waals surface area contributed by atoms with E-state index in [9.17, 15) is 18.4 Å². The molecule has 2 aromatic rings. The van der Waals surface area contributed by atoms with E-state index in [-0.39, 0.29) is 18.5 Å². The lowest BCUT2D eigenvalue weighted by atomic mass is 10.1. The molecule has 1 unspecified atom stereocenters. The number of rotatable bonds is 5. The first-order valence-corrected chi connectivity index (χ1v) is 9.91. The Morgan fingerprint density at radius 1 is 1.00 bits per heavy atom. The minimum atomic E-state index is -0.939. The van der Waals surface area contributed by atoms with Gasteiger partial charge in [-0.15, -0.1) is 0 Å². The number of urea groups is 1. The Morgan fingerprint density at radius 2 is 1.67 bits per heavy atom. The molecule has 0 radical (unpaired) electrons. The minimum absolute atomic E-state index is 0.0938. The molecule has 6 nitrogen and oxygen atoms in total. The van der Waals surface area contributed by atoms with Gasteiger partial charge in [0.05, 0.1) is 12.6 Å². The zero-order chi connectivity index (χ0) is 21.7. The van der Waals surface area contributed by atoms with E-state index in [1.165, 1.54) is 6.07 Å². The molecule has 0 aromatic heterocycles. The summed E-state index contributed by atoms with van der Waals surface area (Å²) >= 11 is 0. The van der Waals surface area contributed by atoms with Gasteiger partial charge >= 0.3 is 6.03 Å². The van der Waals surface area contributed by atoms with Gasteiger partial charge in [0.25, 0.3) is 0 Å². The van der Waals surface area contributed by atoms with Crippen molar-refractivity contribution in [2.75, 3.05) is 38.0 Å². The standard InChI is InChI=1S/C22H26F2N4O2/c1-15-3-6-18(7-4-15)26-21(29)14-27-9-11-28(12-10-27)22(30)25-16(2)17-5-8-19(23)20(24)13-17/h3-8,13,16H,9-12,14H2,1-2H3,(H,25,30)(H,26,29). The van der Waals surface area contributed by atoms with Gasteiger partial charge in [-0.25, -0.2) is 13.6 Å². The van der Waals surface area contributed by atoms with Crippen LogP contribution < -0.4 is 10.6 Å². The highest BCUT2D eigenvalue weighted by molar-refractivity contribution is 5.92. The molecule has 2 N–H and O–H groups in total. The lowest BCUT2D eigenvalue weighted by Crippen LogP contribution is -2.53. The van der Waals surface area contributed by atoms with Crippen LogP contribution in [0.2, 0.25) is 0 Å². The van der Waals surface area contributed by atoms with Gasteiger partial charge < -0.3 is 15.5 Å². The minimum Gasteiger partial charge on any atom is -0.331 e. The number of halogens is 2. The summed E-state index contributed by atoms with van der Waals surface area (Å²) in [5, 5.41) is 5.68. The van der Waals surface area contributed by atoms with Crippen LogP contribution in [0.15, 0.2) is 42.5 Å². The van der Waals surface area contributed by atoms with E-state index < -0.39 is 17.7 Å². The molecule has 0 aliphatic carbocycles. The third-order valence-corrected chi connectivity index (χ3v) is 5.15. The molecule has 1 aliphatic rings. The van der Waals surface area contributed by atoms with Crippen LogP contribution in [0, 0.1) is 18.6 Å². The third kappa shape index (κ3) is 5.76. The second kappa shape index (κ2) is 9.67. The molecule has 1 fully saturated rings. The summed E-state index contributed by atoms with van der Waals surface area (Å²) in [5.41, 5.74) is 2.38. The molecule has 2 aromatic carbocycles. The van der Waals surface area contributed by atoms with Crippen molar-refractivity contribution in [3.63, 3.8) is 0 Å². The van der Waals surface area contributed by atoms with Crippen LogP contribution in [0.1, 0.15) is 24.1 Å². The molecule has 3 rings (SSSR count). The van der Waals surface area contributed by atoms with Crippen LogP contribution >= 0.6 is 0 Å². The van der Waals surface area contributed by atoms with Crippen LogP contribution in [-0.2, 0) is 4.79 Å². The fourth-order valence-corrected chi connectivity index (χ4v) is 3.29. The summed E-state index contributed by atoms with van der Waals surface area (Å²) in [5.74, 6) is -1.95. The molecule has 3 amide bonds. The van der Waals surface area contributed by atoms with Crippen molar-refractivity contribution in [3.8, 4) is 0 Å². The number of nitrogens with one attached hydrogen (secondary N) is 2. The first-order valence-electron chi connectivity index (χ1n) is 9.91. The van der Waals surface area contributed by atoms with Crippen molar-refractivity contribution in [2.24, 2.45) is 0 Å². The average molecular weight is 416 g/mol. The lowest BCUT2D eigenvalue weighted by molar-refractivity contribution is -0.117. The van der Waals surface area contributed by atoms with Crippen molar-refractivity contribution in [1.29, 1.82) is 0 Å². The van der Waals surface area contributed by atoms with E-state index in [1.807, 2.05) is 36.1 Å². The van der Waals surface area contributed by atoms with Crippen molar-refractivity contribution in [3.05, 3.63) is 65.2 Å². The van der Waals surface area contributed by atoms with E-state index in [0.29, 0.717) is 31.7 Å². The van der Waals surface area contributed by atoms with Crippen LogP contribution in [0.25, 0.3) is 0 Å². The number of carbonyl (C=O) groups is 2. The quantitative estimate of drug-likeness (QED) is 0.786. The summed E-state index contributed by atoms with van der Waals surface area (Å²) in [4.78, 5) is 28.4. The van der Waals surface area contributed by atoms with Gasteiger partial charge in [0.1, 0.15) is 0 Å². The number of benzene rings is 2. The Labute approximate surface area is 174 Å². The summed E-state index contributed by atoms with van der Waals surface area (Å²) in [6.45, 7) is 6.08. The molecular formula is C22H26F2N4O2. The highest BCUT2D eigenvalue weighted by Crippen LogP contribution is 2.16. The molecule has 0 spiro atoms. The molecule has 30 heavy (non-hydrogen) atoms. The van der Waals surface area contributed by atoms with E-state index in [4.69, 9.17) is 0 Å². The zero-order valence-electron chi connectivity index (χ0n) is 17.1. The maximum Gasteiger partial charge on any atom is 0.317 e. The molecule has 0 bridgehead atoms. The van der Waals surface area contributed by atoms with Crippen molar-refractivity contribution < 1.29 is 18.4 Å². The molecular weight excluding hydrogens is 390 g/mol. The number of nitrogens with zero attached hydrogens (tertiary/aromatic N) is 2. The average Bonchev–Trinajstić information content (AvgIpc) is 2.72. The molecule has 1 aliphatic heterocycles. The maximum absolute atomic E-state index is 13.4. The first kappa shape index (κ1) is 21.7. The van der Waals surface area contributed by atoms with E-state index in [2.05, 4.69) is 10.6 Å². The Hall–Kier alpha value is -3.00. The second-order valence-electron chi connectivity index (χ2n) is 7.52. The topological polar surface area (TPSA) is 64.7 Å². The summed E-state index contributed by atoms with van der Waals surface area (Å²) in [6, 6.07) is 10.5. The van der Waals surface area contributed by atoms with Crippen molar-refractivity contribution in [2.45, 2.75) is 19.9 Å². The Bertz CT molecular complexity index is 897. The van der Waals surface area contributed by atoms with Gasteiger partial charge in [-0.05, 0) is 43.7 Å². The summed E-state index contributed by atoms with van der Waals surface area (Å²) < 4.78 is 26.5. The van der Waals surface area contributed by atoms with Gasteiger partial charge in [-0.2, -0.15) is 0 Å². The maximum atomic E-state index is 13.4. The van der Waals surface area contributed by atoms with Crippen LogP contribution in [0.3, 0.4) is 0 Å². The predicted molar refractivity (Wildman–Crippen MR) is 111 cm³/mol. The predicted octanol–water partition coefficient (Wildman–Crippen LogP) is 3.30. The van der Waals surface area contributed by atoms with Gasteiger partial charge in [0, 0.05) is 31.9 Å². The highest BCUT2D eigenvalue weighted by atomic mass is 19.2. The fourth-order valence-electron chi connectivity index (χ4n) is 3.29. The third-order valence-electron chi connectivity index (χ3n) is 5.15. The number of hydrogen-bond donors (Lipinski definition) is 2. The van der Waals surface area contributed by atoms with Gasteiger partial charge in [0.15, 0.2) is 11.6 Å². The lowest BCUT2D eigenvalue weighted by Gasteiger charge is -2.35. The number of anilines is 1. The van der Waals surface area contributed by atoms with Crippen molar-refractivity contribution in [1.82, 2.24) is 15.1 Å². The normalized spacial score (nSPS) is 15.5. The van der Waals surface area contributed by atoms with Crippen molar-refractivity contribution >= 4 is 17.6 Å². The summed E-state index contributed by atoms with van der Waals surface area (Å²) in [6.07, 6.45) is 0. The molecule has 160 valence electrons. The summed E-state index contributed by atoms with van der Waals surface area (Å²) in [7, 11) is 0. The number of carbonyl (C=O) groups excluding carboxylic acids is 2. The van der Waals surface area contributed by atoms with E-state index in [0.717, 1.165) is 23.4 Å². The number of hydrogen-bond acceptors (Lipinski definition) is 3. The van der Waals surface area contributed by atoms with Crippen LogP contribution in [0.4, 0.5) is 19.3 Å². The molecule has 1 saturated heterocycles. The van der Waals surface area contributed by atoms with Gasteiger partial charge in [-0.3, -0.25) is 9.69 Å². The number of amides is 3.